The fraction of sp³-hybridized carbons (Fsp3) is 0.375. The first-order chi connectivity index (χ1) is 18.0. The Bertz CT molecular complexity index is 1170. The third-order valence-electron chi connectivity index (χ3n) is 5.67. The highest BCUT2D eigenvalue weighted by atomic mass is 19.4. The maximum atomic E-state index is 13.0. The fourth-order valence-electron chi connectivity index (χ4n) is 3.91. The number of halogens is 3. The van der Waals surface area contributed by atoms with Crippen molar-refractivity contribution < 1.29 is 46.9 Å². The summed E-state index contributed by atoms with van der Waals surface area (Å²) in [7, 11) is 1.30. The lowest BCUT2D eigenvalue weighted by Crippen LogP contribution is -2.52. The molecule has 1 aliphatic heterocycles. The van der Waals surface area contributed by atoms with Crippen molar-refractivity contribution in [1.29, 1.82) is 0 Å². The number of nitrogens with zero attached hydrogens (tertiary/aromatic N) is 3. The molecule has 0 spiro atoms. The Morgan fingerprint density at radius 3 is 2.34 bits per heavy atom. The van der Waals surface area contributed by atoms with Crippen LogP contribution in [0.1, 0.15) is 24.8 Å². The highest BCUT2D eigenvalue weighted by Crippen LogP contribution is 2.32. The van der Waals surface area contributed by atoms with Gasteiger partial charge in [0.1, 0.15) is 13.0 Å². The number of carboxylic acid groups (broad SMARTS) is 1. The lowest BCUT2D eigenvalue weighted by molar-refractivity contribution is -0.186. The van der Waals surface area contributed by atoms with Crippen molar-refractivity contribution in [1.82, 2.24) is 9.88 Å². The lowest BCUT2D eigenvalue weighted by atomic mass is 10.0. The van der Waals surface area contributed by atoms with E-state index in [9.17, 15) is 37.5 Å². The maximum Gasteiger partial charge on any atom is 0.471 e. The van der Waals surface area contributed by atoms with Crippen LogP contribution in [0.2, 0.25) is 0 Å². The van der Waals surface area contributed by atoms with Gasteiger partial charge in [-0.15, -0.1) is 0 Å². The van der Waals surface area contributed by atoms with Crippen LogP contribution < -0.4 is 15.0 Å². The molecule has 2 aromatic rings. The second-order valence-corrected chi connectivity index (χ2v) is 8.27. The largest absolute Gasteiger partial charge is 0.481 e. The Hall–Kier alpha value is -4.36. The van der Waals surface area contributed by atoms with E-state index in [1.54, 1.807) is 30.3 Å². The number of pyridine rings is 1. The van der Waals surface area contributed by atoms with Gasteiger partial charge < -0.3 is 19.5 Å². The number of amides is 3. The van der Waals surface area contributed by atoms with Crippen molar-refractivity contribution in [3.05, 3.63) is 48.0 Å². The molecule has 0 unspecified atom stereocenters. The zero-order chi connectivity index (χ0) is 27.9. The molecule has 0 saturated carbocycles. The molecule has 3 rings (SSSR count). The van der Waals surface area contributed by atoms with E-state index in [2.05, 4.69) is 10.3 Å². The van der Waals surface area contributed by atoms with Crippen molar-refractivity contribution in [2.75, 3.05) is 30.4 Å². The van der Waals surface area contributed by atoms with E-state index in [-0.39, 0.29) is 49.9 Å². The van der Waals surface area contributed by atoms with Gasteiger partial charge in [0.2, 0.25) is 11.8 Å². The van der Waals surface area contributed by atoms with Crippen LogP contribution in [-0.2, 0) is 25.7 Å². The quantitative estimate of drug-likeness (QED) is 0.489. The number of methoxy groups -OCH3 is 1. The molecule has 1 aliphatic rings. The first-order valence-electron chi connectivity index (χ1n) is 11.4. The molecule has 0 bridgehead atoms. The zero-order valence-corrected chi connectivity index (χ0v) is 20.2. The van der Waals surface area contributed by atoms with Crippen LogP contribution in [0.25, 0.3) is 0 Å². The molecule has 1 fully saturated rings. The van der Waals surface area contributed by atoms with Gasteiger partial charge in [-0.2, -0.15) is 18.2 Å². The maximum absolute atomic E-state index is 13.0. The highest BCUT2D eigenvalue weighted by molar-refractivity contribution is 6.05. The summed E-state index contributed by atoms with van der Waals surface area (Å²) in [5.74, 6) is -4.50. The van der Waals surface area contributed by atoms with Crippen LogP contribution >= 0.6 is 0 Å². The van der Waals surface area contributed by atoms with Crippen molar-refractivity contribution in [3.63, 3.8) is 0 Å². The van der Waals surface area contributed by atoms with Crippen LogP contribution in [0.15, 0.2) is 42.5 Å². The number of alkyl halides is 3. The van der Waals surface area contributed by atoms with E-state index in [0.29, 0.717) is 10.5 Å². The number of carboxylic acids is 1. The summed E-state index contributed by atoms with van der Waals surface area (Å²) in [6.07, 6.45) is -7.07. The van der Waals surface area contributed by atoms with Gasteiger partial charge in [-0.3, -0.25) is 24.6 Å². The Balaban J connectivity index is 1.86. The molecular weight excluding hydrogens is 513 g/mol. The molecule has 0 radical (unpaired) electrons. The second kappa shape index (κ2) is 12.3. The highest BCUT2D eigenvalue weighted by Gasteiger charge is 2.44. The number of piperidine rings is 1. The number of likely N-dealkylation sites (tertiary alicyclic amines) is 1. The fourth-order valence-corrected chi connectivity index (χ4v) is 3.91. The lowest BCUT2D eigenvalue weighted by Gasteiger charge is -2.38. The predicted octanol–water partition coefficient (Wildman–Crippen LogP) is 3.20. The minimum absolute atomic E-state index is 0.0172. The third kappa shape index (κ3) is 7.33. The number of hydrogen-bond acceptors (Lipinski definition) is 7. The number of carbonyl (C=O) groups is 4. The minimum Gasteiger partial charge on any atom is -0.481 e. The van der Waals surface area contributed by atoms with Gasteiger partial charge in [0.05, 0.1) is 12.8 Å². The van der Waals surface area contributed by atoms with Gasteiger partial charge in [-0.05, 0) is 24.5 Å². The number of ether oxygens (including phenoxy) is 2. The second-order valence-electron chi connectivity index (χ2n) is 8.27. The SMILES string of the molecule is COc1ccc(NC(=O)OCc2ccccc2)c(N(C(=O)CC(=O)O)C2CCN(C(=O)C(F)(F)F)CC2)n1. The molecule has 0 aliphatic carbocycles. The number of rotatable bonds is 8. The van der Waals surface area contributed by atoms with Gasteiger partial charge >= 0.3 is 24.1 Å². The van der Waals surface area contributed by atoms with Crippen molar-refractivity contribution in [3.8, 4) is 5.88 Å². The van der Waals surface area contributed by atoms with Crippen molar-refractivity contribution >= 4 is 35.4 Å². The van der Waals surface area contributed by atoms with E-state index in [1.165, 1.54) is 19.2 Å². The molecule has 0 atom stereocenters. The van der Waals surface area contributed by atoms with Gasteiger partial charge in [-0.25, -0.2) is 4.79 Å². The van der Waals surface area contributed by atoms with E-state index in [4.69, 9.17) is 9.47 Å². The summed E-state index contributed by atoms with van der Waals surface area (Å²) >= 11 is 0. The van der Waals surface area contributed by atoms with E-state index < -0.39 is 42.5 Å². The van der Waals surface area contributed by atoms with Gasteiger partial charge in [-0.1, -0.05) is 30.3 Å². The standard InChI is InChI=1S/C24H25F3N4O7/c1-37-18-8-7-17(28-23(36)38-14-15-5-3-2-4-6-15)21(29-18)31(19(32)13-20(33)34)16-9-11-30(12-10-16)22(35)24(25,26)27/h2-8,16H,9-14H2,1H3,(H,28,36)(H,33,34). The number of hydrogen-bond donors (Lipinski definition) is 2. The molecule has 204 valence electrons. The molecule has 2 N–H and O–H groups in total. The van der Waals surface area contributed by atoms with Gasteiger partial charge in [0.15, 0.2) is 5.82 Å². The summed E-state index contributed by atoms with van der Waals surface area (Å²) < 4.78 is 48.9. The molecule has 1 saturated heterocycles. The molecule has 1 aromatic carbocycles. The average molecular weight is 538 g/mol. The van der Waals surface area contributed by atoms with E-state index in [0.717, 1.165) is 4.90 Å². The summed E-state index contributed by atoms with van der Waals surface area (Å²) in [5, 5.41) is 11.7. The predicted molar refractivity (Wildman–Crippen MR) is 126 cm³/mol. The third-order valence-corrected chi connectivity index (χ3v) is 5.67. The zero-order valence-electron chi connectivity index (χ0n) is 20.2. The Morgan fingerprint density at radius 2 is 1.76 bits per heavy atom. The Kier molecular flexibility index (Phi) is 9.10. The van der Waals surface area contributed by atoms with Crippen molar-refractivity contribution in [2.45, 2.75) is 38.1 Å². The topological polar surface area (TPSA) is 138 Å². The summed E-state index contributed by atoms with van der Waals surface area (Å²) in [4.78, 5) is 54.3. The van der Waals surface area contributed by atoms with Crippen LogP contribution in [0, 0.1) is 0 Å². The van der Waals surface area contributed by atoms with Crippen LogP contribution in [0.4, 0.5) is 29.5 Å². The summed E-state index contributed by atoms with van der Waals surface area (Å²) in [5.41, 5.74) is 0.700. The molecule has 3 amide bonds. The van der Waals surface area contributed by atoms with Gasteiger partial charge in [0.25, 0.3) is 0 Å². The molecule has 11 nitrogen and oxygen atoms in total. The number of aliphatic carboxylic acids is 1. The average Bonchev–Trinajstić information content (AvgIpc) is 2.88. The monoisotopic (exact) mass is 538 g/mol. The summed E-state index contributed by atoms with van der Waals surface area (Å²) in [6, 6.07) is 10.8. The normalized spacial score (nSPS) is 13.9. The molecule has 38 heavy (non-hydrogen) atoms. The molecule has 14 heteroatoms. The number of anilines is 2. The smallest absolute Gasteiger partial charge is 0.471 e. The number of aromatic nitrogens is 1. The van der Waals surface area contributed by atoms with E-state index in [1.807, 2.05) is 0 Å². The first kappa shape index (κ1) is 28.2. The minimum atomic E-state index is -5.04. The van der Waals surface area contributed by atoms with Crippen molar-refractivity contribution in [2.24, 2.45) is 0 Å². The molecule has 1 aromatic heterocycles. The number of nitrogens with one attached hydrogen (secondary N) is 1. The van der Waals surface area contributed by atoms with Crippen LogP contribution in [0.3, 0.4) is 0 Å². The first-order valence-corrected chi connectivity index (χ1v) is 11.4. The molecular formula is C24H25F3N4O7. The van der Waals surface area contributed by atoms with Crippen LogP contribution in [-0.4, -0.2) is 71.3 Å². The Labute approximate surface area is 215 Å². The number of benzene rings is 1. The van der Waals surface area contributed by atoms with Gasteiger partial charge in [0, 0.05) is 25.2 Å². The number of carbonyl (C=O) groups excluding carboxylic acids is 3. The summed E-state index contributed by atoms with van der Waals surface area (Å²) in [6.45, 7) is -0.712. The van der Waals surface area contributed by atoms with Crippen LogP contribution in [0.5, 0.6) is 5.88 Å². The molecule has 2 heterocycles. The van der Waals surface area contributed by atoms with E-state index >= 15 is 0 Å². The Morgan fingerprint density at radius 1 is 1.11 bits per heavy atom.